The van der Waals surface area contributed by atoms with Gasteiger partial charge in [0.25, 0.3) is 0 Å². The van der Waals surface area contributed by atoms with Gasteiger partial charge in [0.15, 0.2) is 9.84 Å². The third kappa shape index (κ3) is 5.31. The minimum Gasteiger partial charge on any atom is -0.426 e. The van der Waals surface area contributed by atoms with Crippen molar-refractivity contribution in [1.29, 1.82) is 0 Å². The summed E-state index contributed by atoms with van der Waals surface area (Å²) < 4.78 is 69.0. The van der Waals surface area contributed by atoms with Crippen LogP contribution in [0.5, 0.6) is 5.75 Å². The van der Waals surface area contributed by atoms with Crippen LogP contribution in [0, 0.1) is 13.8 Å². The monoisotopic (exact) mass is 469 g/mol. The topological polar surface area (TPSA) is 73.3 Å². The number of hydrogen-bond acceptors (Lipinski definition) is 6. The highest BCUT2D eigenvalue weighted by molar-refractivity contribution is 7.90. The molecule has 0 atom stereocenters. The van der Waals surface area contributed by atoms with Gasteiger partial charge in [-0.3, -0.25) is 4.79 Å². The summed E-state index contributed by atoms with van der Waals surface area (Å²) in [4.78, 5) is 16.0. The third-order valence-electron chi connectivity index (χ3n) is 4.43. The first-order valence-corrected chi connectivity index (χ1v) is 11.5. The largest absolute Gasteiger partial charge is 0.426 e. The van der Waals surface area contributed by atoms with Crippen molar-refractivity contribution in [3.05, 3.63) is 64.2 Å². The van der Waals surface area contributed by atoms with Gasteiger partial charge in [0.2, 0.25) is 0 Å². The van der Waals surface area contributed by atoms with E-state index in [1.165, 1.54) is 37.3 Å². The summed E-state index contributed by atoms with van der Waals surface area (Å²) in [5.41, 5.74) is 0.714. The summed E-state index contributed by atoms with van der Waals surface area (Å²) >= 11 is 1.12. The zero-order valence-corrected chi connectivity index (χ0v) is 18.4. The molecule has 0 radical (unpaired) electrons. The molecule has 0 fully saturated rings. The number of carbonyl (C=O) groups is 1. The number of aryl methyl sites for hydroxylation is 2. The number of thiazole rings is 1. The lowest BCUT2D eigenvalue weighted by atomic mass is 10.1. The smallest absolute Gasteiger partial charge is 0.416 e. The number of alkyl halides is 3. The van der Waals surface area contributed by atoms with Crippen LogP contribution in [0.2, 0.25) is 0 Å². The highest BCUT2D eigenvalue weighted by Gasteiger charge is 2.30. The first-order valence-electron chi connectivity index (χ1n) is 9.02. The number of rotatable bonds is 5. The minimum atomic E-state index is -4.43. The molecule has 0 saturated heterocycles. The van der Waals surface area contributed by atoms with E-state index in [-0.39, 0.29) is 16.4 Å². The zero-order valence-electron chi connectivity index (χ0n) is 16.8. The Hall–Kier alpha value is -2.72. The molecule has 0 aliphatic rings. The molecule has 0 saturated carbocycles. The predicted octanol–water partition coefficient (Wildman–Crippen LogP) is 5.34. The number of esters is 1. The molecule has 5 nitrogen and oxygen atoms in total. The van der Waals surface area contributed by atoms with Crippen molar-refractivity contribution in [2.75, 3.05) is 0 Å². The number of nitrogens with zero attached hydrogens (tertiary/aromatic N) is 1. The standard InChI is InChI=1S/C21H18F3NO4S2/c1-12-10-17(8-9-18(12)29-14(3)26)31(27,28)11-19-13(2)25-20(30-19)15-4-6-16(7-5-15)21(22,23)24/h4-10H,11H2,1-3H3. The molecule has 3 aromatic rings. The fourth-order valence-electron chi connectivity index (χ4n) is 2.83. The molecule has 0 spiro atoms. The van der Waals surface area contributed by atoms with Gasteiger partial charge >= 0.3 is 12.1 Å². The van der Waals surface area contributed by atoms with Crippen molar-refractivity contribution in [2.45, 2.75) is 37.6 Å². The lowest BCUT2D eigenvalue weighted by Gasteiger charge is -2.08. The molecule has 1 heterocycles. The number of carbonyl (C=O) groups excluding carboxylic acids is 1. The van der Waals surface area contributed by atoms with Crippen LogP contribution < -0.4 is 4.74 Å². The van der Waals surface area contributed by atoms with Crippen LogP contribution in [-0.2, 0) is 26.6 Å². The van der Waals surface area contributed by atoms with Gasteiger partial charge in [-0.15, -0.1) is 11.3 Å². The fourth-order valence-corrected chi connectivity index (χ4v) is 5.74. The molecular weight excluding hydrogens is 451 g/mol. The molecule has 0 aliphatic carbocycles. The number of aromatic nitrogens is 1. The zero-order chi connectivity index (χ0) is 23.0. The molecule has 164 valence electrons. The second-order valence-corrected chi connectivity index (χ2v) is 9.96. The first kappa shape index (κ1) is 23.0. The molecule has 0 aliphatic heterocycles. The van der Waals surface area contributed by atoms with E-state index in [0.29, 0.717) is 26.7 Å². The van der Waals surface area contributed by atoms with Gasteiger partial charge in [0.05, 0.1) is 21.9 Å². The fraction of sp³-hybridized carbons (Fsp3) is 0.238. The molecule has 31 heavy (non-hydrogen) atoms. The van der Waals surface area contributed by atoms with Crippen LogP contribution in [-0.4, -0.2) is 19.4 Å². The molecule has 10 heteroatoms. The molecule has 2 aromatic carbocycles. The minimum absolute atomic E-state index is 0.0739. The van der Waals surface area contributed by atoms with E-state index in [9.17, 15) is 26.4 Å². The Morgan fingerprint density at radius 3 is 2.29 bits per heavy atom. The van der Waals surface area contributed by atoms with Crippen LogP contribution in [0.3, 0.4) is 0 Å². The van der Waals surface area contributed by atoms with Crippen molar-refractivity contribution >= 4 is 27.1 Å². The van der Waals surface area contributed by atoms with Crippen molar-refractivity contribution in [3.63, 3.8) is 0 Å². The van der Waals surface area contributed by atoms with Crippen LogP contribution in [0.4, 0.5) is 13.2 Å². The molecule has 1 aromatic heterocycles. The molecule has 0 bridgehead atoms. The maximum absolute atomic E-state index is 12.9. The average molecular weight is 470 g/mol. The van der Waals surface area contributed by atoms with E-state index >= 15 is 0 Å². The van der Waals surface area contributed by atoms with Gasteiger partial charge in [0, 0.05) is 17.4 Å². The van der Waals surface area contributed by atoms with Crippen molar-refractivity contribution in [2.24, 2.45) is 0 Å². The van der Waals surface area contributed by atoms with Crippen LogP contribution in [0.15, 0.2) is 47.4 Å². The Morgan fingerprint density at radius 2 is 1.74 bits per heavy atom. The van der Waals surface area contributed by atoms with Gasteiger partial charge in [-0.05, 0) is 49.7 Å². The highest BCUT2D eigenvalue weighted by Crippen LogP contribution is 2.34. The first-order chi connectivity index (χ1) is 14.4. The summed E-state index contributed by atoms with van der Waals surface area (Å²) in [5.74, 6) is -0.525. The summed E-state index contributed by atoms with van der Waals surface area (Å²) in [6.07, 6.45) is -4.43. The number of ether oxygens (including phenoxy) is 1. The maximum atomic E-state index is 12.9. The third-order valence-corrected chi connectivity index (χ3v) is 7.46. The van der Waals surface area contributed by atoms with E-state index in [0.717, 1.165) is 23.5 Å². The van der Waals surface area contributed by atoms with Gasteiger partial charge < -0.3 is 4.74 Å². The Bertz CT molecular complexity index is 1230. The van der Waals surface area contributed by atoms with Crippen LogP contribution in [0.25, 0.3) is 10.6 Å². The quantitative estimate of drug-likeness (QED) is 0.372. The predicted molar refractivity (Wildman–Crippen MR) is 111 cm³/mol. The molecule has 3 rings (SSSR count). The molecule has 0 N–H and O–H groups in total. The van der Waals surface area contributed by atoms with E-state index in [4.69, 9.17) is 4.74 Å². The summed E-state index contributed by atoms with van der Waals surface area (Å²) in [7, 11) is -3.72. The highest BCUT2D eigenvalue weighted by atomic mass is 32.2. The van der Waals surface area contributed by atoms with E-state index in [1.54, 1.807) is 13.8 Å². The van der Waals surface area contributed by atoms with Gasteiger partial charge in [-0.25, -0.2) is 13.4 Å². The van der Waals surface area contributed by atoms with Crippen molar-refractivity contribution in [1.82, 2.24) is 4.98 Å². The second-order valence-electron chi connectivity index (χ2n) is 6.88. The Balaban J connectivity index is 1.85. The van der Waals surface area contributed by atoms with Gasteiger partial charge in [-0.1, -0.05) is 12.1 Å². The lowest BCUT2D eigenvalue weighted by molar-refractivity contribution is -0.137. The number of hydrogen-bond donors (Lipinski definition) is 0. The Kier molecular flexibility index (Phi) is 6.24. The SMILES string of the molecule is CC(=O)Oc1ccc(S(=O)(=O)Cc2sc(-c3ccc(C(F)(F)F)cc3)nc2C)cc1C. The Morgan fingerprint density at radius 1 is 1.10 bits per heavy atom. The van der Waals surface area contributed by atoms with Crippen LogP contribution >= 0.6 is 11.3 Å². The number of sulfone groups is 1. The number of halogens is 3. The summed E-state index contributed by atoms with van der Waals surface area (Å²) in [6.45, 7) is 4.55. The number of benzene rings is 2. The molecular formula is C21H18F3NO4S2. The maximum Gasteiger partial charge on any atom is 0.416 e. The van der Waals surface area contributed by atoms with Crippen LogP contribution in [0.1, 0.15) is 28.6 Å². The van der Waals surface area contributed by atoms with E-state index < -0.39 is 27.5 Å². The lowest BCUT2D eigenvalue weighted by Crippen LogP contribution is -2.07. The average Bonchev–Trinajstić information content (AvgIpc) is 3.02. The Labute approximate surface area is 181 Å². The summed E-state index contributed by atoms with van der Waals surface area (Å²) in [6, 6.07) is 8.80. The van der Waals surface area contributed by atoms with E-state index in [1.807, 2.05) is 0 Å². The van der Waals surface area contributed by atoms with Crippen molar-refractivity contribution in [3.8, 4) is 16.3 Å². The molecule has 0 unspecified atom stereocenters. The second kappa shape index (κ2) is 8.43. The van der Waals surface area contributed by atoms with E-state index in [2.05, 4.69) is 4.98 Å². The van der Waals surface area contributed by atoms with Crippen molar-refractivity contribution < 1.29 is 31.1 Å². The van der Waals surface area contributed by atoms with Gasteiger partial charge in [0.1, 0.15) is 10.8 Å². The molecule has 0 amide bonds. The van der Waals surface area contributed by atoms with Gasteiger partial charge in [-0.2, -0.15) is 13.2 Å². The normalized spacial score (nSPS) is 12.1. The summed E-state index contributed by atoms with van der Waals surface area (Å²) in [5, 5.41) is 0.442.